The van der Waals surface area contributed by atoms with Crippen molar-refractivity contribution in [3.8, 4) is 27.7 Å². The number of hydrogen-bond donors (Lipinski definition) is 0. The van der Waals surface area contributed by atoms with Gasteiger partial charge in [-0.15, -0.1) is 11.3 Å². The maximum Gasteiger partial charge on any atom is 0.417 e. The van der Waals surface area contributed by atoms with Gasteiger partial charge in [0.05, 0.1) is 23.1 Å². The lowest BCUT2D eigenvalue weighted by molar-refractivity contribution is -0.148. The minimum absolute atomic E-state index is 0.00296. The van der Waals surface area contributed by atoms with E-state index in [-0.39, 0.29) is 22.4 Å². The van der Waals surface area contributed by atoms with Crippen LogP contribution in [0.3, 0.4) is 0 Å². The van der Waals surface area contributed by atoms with Crippen LogP contribution in [0.15, 0.2) is 66.7 Å². The molecule has 0 aliphatic heterocycles. The summed E-state index contributed by atoms with van der Waals surface area (Å²) in [5.41, 5.74) is -3.31. The second-order valence-electron chi connectivity index (χ2n) is 9.92. The highest BCUT2D eigenvalue weighted by atomic mass is 32.1. The third kappa shape index (κ3) is 7.21. The van der Waals surface area contributed by atoms with E-state index < -0.39 is 40.6 Å². The zero-order valence-corrected chi connectivity index (χ0v) is 23.1. The van der Waals surface area contributed by atoms with Crippen molar-refractivity contribution in [3.63, 3.8) is 0 Å². The molecule has 0 fully saturated rings. The van der Waals surface area contributed by atoms with Gasteiger partial charge in [0.1, 0.15) is 17.1 Å². The first-order valence-electron chi connectivity index (χ1n) is 12.1. The maximum absolute atomic E-state index is 14.0. The summed E-state index contributed by atoms with van der Waals surface area (Å²) in [6, 6.07) is 12.7. The lowest BCUT2D eigenvalue weighted by atomic mass is 10.0. The Balaban J connectivity index is 1.77. The Bertz CT molecular complexity index is 1590. The number of esters is 1. The normalized spacial score (nSPS) is 12.6. The van der Waals surface area contributed by atoms with Crippen molar-refractivity contribution in [1.29, 1.82) is 0 Å². The zero-order chi connectivity index (χ0) is 30.2. The first-order chi connectivity index (χ1) is 19.0. The van der Waals surface area contributed by atoms with Gasteiger partial charge in [0.15, 0.2) is 5.75 Å². The maximum atomic E-state index is 14.0. The highest BCUT2D eigenvalue weighted by molar-refractivity contribution is 7.22. The molecule has 0 radical (unpaired) electrons. The smallest absolute Gasteiger partial charge is 0.417 e. The average molecular weight is 595 g/mol. The summed E-state index contributed by atoms with van der Waals surface area (Å²) in [4.78, 5) is 11.9. The van der Waals surface area contributed by atoms with Crippen LogP contribution in [-0.4, -0.2) is 18.7 Å². The fraction of sp³-hybridized carbons (Fsp3) is 0.233. The molecule has 41 heavy (non-hydrogen) atoms. The van der Waals surface area contributed by atoms with Gasteiger partial charge < -0.3 is 14.2 Å². The molecule has 0 saturated heterocycles. The van der Waals surface area contributed by atoms with E-state index >= 15 is 0 Å². The third-order valence-corrected chi connectivity index (χ3v) is 6.83. The van der Waals surface area contributed by atoms with Crippen molar-refractivity contribution >= 4 is 33.5 Å². The van der Waals surface area contributed by atoms with Crippen LogP contribution in [0.25, 0.3) is 26.6 Å². The molecule has 11 heteroatoms. The Morgan fingerprint density at radius 2 is 1.49 bits per heavy atom. The summed E-state index contributed by atoms with van der Waals surface area (Å²) in [5.74, 6) is 0.229. The molecule has 1 heterocycles. The molecule has 0 aliphatic carbocycles. The number of halogens is 6. The van der Waals surface area contributed by atoms with Crippen LogP contribution >= 0.6 is 11.3 Å². The van der Waals surface area contributed by atoms with Gasteiger partial charge >= 0.3 is 18.3 Å². The standard InChI is InChI=1S/C30H24F6O4S/c1-28(2,3)40-25(37)14-7-17-5-9-19(10-6-17)39-26-22-13-11-20(38-4)16-24(22)41-27(26)21-12-8-18(29(31,32)33)15-23(21)30(34,35)36/h5-16H,1-4H3. The number of rotatable bonds is 6. The molecule has 0 N–H and O–H groups in total. The van der Waals surface area contributed by atoms with E-state index in [1.54, 1.807) is 63.2 Å². The Morgan fingerprint density at radius 3 is 2.07 bits per heavy atom. The Labute approximate surface area is 235 Å². The lowest BCUT2D eigenvalue weighted by Crippen LogP contribution is -2.22. The fourth-order valence-corrected chi connectivity index (χ4v) is 5.07. The van der Waals surface area contributed by atoms with E-state index in [1.807, 2.05) is 0 Å². The molecule has 1 aromatic heterocycles. The molecule has 0 amide bonds. The Kier molecular flexibility index (Phi) is 8.13. The zero-order valence-electron chi connectivity index (χ0n) is 22.2. The fourth-order valence-electron chi connectivity index (χ4n) is 3.88. The Hall–Kier alpha value is -3.99. The lowest BCUT2D eigenvalue weighted by Gasteiger charge is -2.17. The van der Waals surface area contributed by atoms with E-state index in [2.05, 4.69) is 0 Å². The molecule has 0 bridgehead atoms. The highest BCUT2D eigenvalue weighted by Gasteiger charge is 2.39. The number of thiophene rings is 1. The number of alkyl halides is 6. The summed E-state index contributed by atoms with van der Waals surface area (Å²) in [7, 11) is 1.43. The summed E-state index contributed by atoms with van der Waals surface area (Å²) < 4.78 is 99.0. The van der Waals surface area contributed by atoms with Crippen LogP contribution in [0.2, 0.25) is 0 Å². The van der Waals surface area contributed by atoms with Gasteiger partial charge in [0.2, 0.25) is 0 Å². The quantitative estimate of drug-likeness (QED) is 0.127. The van der Waals surface area contributed by atoms with E-state index in [0.29, 0.717) is 27.5 Å². The molecule has 0 saturated carbocycles. The number of hydrogen-bond acceptors (Lipinski definition) is 5. The second-order valence-corrected chi connectivity index (χ2v) is 11.0. The van der Waals surface area contributed by atoms with Crippen molar-refractivity contribution in [1.82, 2.24) is 0 Å². The van der Waals surface area contributed by atoms with Gasteiger partial charge in [-0.25, -0.2) is 4.79 Å². The molecule has 0 spiro atoms. The molecule has 0 unspecified atom stereocenters. The molecule has 216 valence electrons. The number of carbonyl (C=O) groups is 1. The van der Waals surface area contributed by atoms with Crippen LogP contribution in [0.4, 0.5) is 26.3 Å². The van der Waals surface area contributed by atoms with Gasteiger partial charge in [-0.05, 0) is 74.9 Å². The summed E-state index contributed by atoms with van der Waals surface area (Å²) in [6.45, 7) is 5.23. The van der Waals surface area contributed by atoms with E-state index in [4.69, 9.17) is 14.2 Å². The van der Waals surface area contributed by atoms with Gasteiger partial charge in [0, 0.05) is 21.7 Å². The number of benzene rings is 3. The number of methoxy groups -OCH3 is 1. The van der Waals surface area contributed by atoms with Crippen molar-refractivity contribution in [2.75, 3.05) is 7.11 Å². The topological polar surface area (TPSA) is 44.8 Å². The largest absolute Gasteiger partial charge is 0.497 e. The molecule has 0 aliphatic rings. The second kappa shape index (κ2) is 11.1. The van der Waals surface area contributed by atoms with Crippen molar-refractivity contribution in [2.24, 2.45) is 0 Å². The van der Waals surface area contributed by atoms with Crippen molar-refractivity contribution in [2.45, 2.75) is 38.7 Å². The van der Waals surface area contributed by atoms with Gasteiger partial charge in [-0.1, -0.05) is 18.2 Å². The minimum atomic E-state index is -5.07. The number of fused-ring (bicyclic) bond motifs is 1. The number of carbonyl (C=O) groups excluding carboxylic acids is 1. The van der Waals surface area contributed by atoms with Crippen LogP contribution in [-0.2, 0) is 21.9 Å². The van der Waals surface area contributed by atoms with Crippen LogP contribution < -0.4 is 9.47 Å². The molecule has 4 aromatic rings. The van der Waals surface area contributed by atoms with Crippen molar-refractivity contribution in [3.05, 3.63) is 83.4 Å². The van der Waals surface area contributed by atoms with Gasteiger partial charge in [0.25, 0.3) is 0 Å². The summed E-state index contributed by atoms with van der Waals surface area (Å²) in [5, 5.41) is 0.452. The first kappa shape index (κ1) is 30.0. The van der Waals surface area contributed by atoms with E-state index in [0.717, 1.165) is 17.4 Å². The van der Waals surface area contributed by atoms with E-state index in [9.17, 15) is 31.1 Å². The molecular weight excluding hydrogens is 570 g/mol. The molecule has 3 aromatic carbocycles. The van der Waals surface area contributed by atoms with Crippen LogP contribution in [0.1, 0.15) is 37.5 Å². The predicted molar refractivity (Wildman–Crippen MR) is 145 cm³/mol. The van der Waals surface area contributed by atoms with Crippen LogP contribution in [0, 0.1) is 0 Å². The SMILES string of the molecule is COc1ccc2c(Oc3ccc(C=CC(=O)OC(C)(C)C)cc3)c(-c3ccc(C(F)(F)F)cc3C(F)(F)F)sc2c1. The van der Waals surface area contributed by atoms with Gasteiger partial charge in [-0.2, -0.15) is 26.3 Å². The monoisotopic (exact) mass is 594 g/mol. The van der Waals surface area contributed by atoms with Crippen molar-refractivity contribution < 1.29 is 45.3 Å². The molecule has 0 atom stereocenters. The minimum Gasteiger partial charge on any atom is -0.497 e. The molecular formula is C30H24F6O4S. The number of ether oxygens (including phenoxy) is 3. The Morgan fingerprint density at radius 1 is 0.829 bits per heavy atom. The summed E-state index contributed by atoms with van der Waals surface area (Å²) in [6.07, 6.45) is -7.22. The average Bonchev–Trinajstić information content (AvgIpc) is 3.23. The van der Waals surface area contributed by atoms with Crippen LogP contribution in [0.5, 0.6) is 17.2 Å². The third-order valence-electron chi connectivity index (χ3n) is 5.67. The molecule has 4 nitrogen and oxygen atoms in total. The van der Waals surface area contributed by atoms with E-state index in [1.165, 1.54) is 19.3 Å². The molecule has 4 rings (SSSR count). The predicted octanol–water partition coefficient (Wildman–Crippen LogP) is 9.76. The van der Waals surface area contributed by atoms with Gasteiger partial charge in [-0.3, -0.25) is 0 Å². The first-order valence-corrected chi connectivity index (χ1v) is 12.9. The summed E-state index contributed by atoms with van der Waals surface area (Å²) >= 11 is 0.939. The highest BCUT2D eigenvalue weighted by Crippen LogP contribution is 2.51.